The molecule has 6 heteroatoms. The standard InChI is InChI=1S/C16H20N4OS/c1-12-5-8-20(9-6-12)10-13-11-22-16(18-13)19-15(21)14-4-2-3-7-17-14/h2-4,7,11-12H,5-6,8-10H2,1H3,(H,18,19,21). The SMILES string of the molecule is CC1CCN(Cc2csc(NC(=O)c3ccccn3)n2)CC1. The van der Waals surface area contributed by atoms with Gasteiger partial charge in [0.25, 0.3) is 5.91 Å². The van der Waals surface area contributed by atoms with Gasteiger partial charge in [-0.15, -0.1) is 11.3 Å². The zero-order valence-corrected chi connectivity index (χ0v) is 13.5. The number of amides is 1. The number of aromatic nitrogens is 2. The second-order valence-corrected chi connectivity index (χ2v) is 6.63. The van der Waals surface area contributed by atoms with E-state index >= 15 is 0 Å². The summed E-state index contributed by atoms with van der Waals surface area (Å²) < 4.78 is 0. The first-order valence-corrected chi connectivity index (χ1v) is 8.48. The Labute approximate surface area is 134 Å². The van der Waals surface area contributed by atoms with Crippen molar-refractivity contribution < 1.29 is 4.79 Å². The predicted molar refractivity (Wildman–Crippen MR) is 88.0 cm³/mol. The summed E-state index contributed by atoms with van der Waals surface area (Å²) in [5.74, 6) is 0.619. The number of hydrogen-bond donors (Lipinski definition) is 1. The third-order valence-electron chi connectivity index (χ3n) is 3.93. The Morgan fingerprint density at radius 2 is 2.23 bits per heavy atom. The van der Waals surface area contributed by atoms with Gasteiger partial charge in [0, 0.05) is 18.1 Å². The molecule has 1 amide bonds. The van der Waals surface area contributed by atoms with Crippen molar-refractivity contribution >= 4 is 22.4 Å². The van der Waals surface area contributed by atoms with Gasteiger partial charge in [-0.1, -0.05) is 13.0 Å². The van der Waals surface area contributed by atoms with Crippen molar-refractivity contribution in [3.8, 4) is 0 Å². The van der Waals surface area contributed by atoms with E-state index in [0.717, 1.165) is 31.2 Å². The molecule has 0 unspecified atom stereocenters. The molecule has 2 aromatic rings. The maximum atomic E-state index is 12.0. The highest BCUT2D eigenvalue weighted by molar-refractivity contribution is 7.13. The average molecular weight is 316 g/mol. The predicted octanol–water partition coefficient (Wildman–Crippen LogP) is 3.02. The molecule has 0 aromatic carbocycles. The van der Waals surface area contributed by atoms with Crippen LogP contribution in [0.15, 0.2) is 29.8 Å². The minimum atomic E-state index is -0.215. The highest BCUT2D eigenvalue weighted by Gasteiger charge is 2.17. The minimum Gasteiger partial charge on any atom is -0.297 e. The summed E-state index contributed by atoms with van der Waals surface area (Å²) in [6, 6.07) is 5.28. The molecule has 22 heavy (non-hydrogen) atoms. The molecule has 0 saturated carbocycles. The first-order valence-electron chi connectivity index (χ1n) is 7.60. The molecule has 1 saturated heterocycles. The number of rotatable bonds is 4. The summed E-state index contributed by atoms with van der Waals surface area (Å²) in [6.45, 7) is 5.44. The zero-order chi connectivity index (χ0) is 15.4. The molecule has 116 valence electrons. The molecule has 0 bridgehead atoms. The monoisotopic (exact) mass is 316 g/mol. The Morgan fingerprint density at radius 3 is 2.95 bits per heavy atom. The summed E-state index contributed by atoms with van der Waals surface area (Å²) in [7, 11) is 0. The van der Waals surface area contributed by atoms with Crippen LogP contribution in [-0.4, -0.2) is 33.9 Å². The number of thiazole rings is 1. The number of likely N-dealkylation sites (tertiary alicyclic amines) is 1. The van der Waals surface area contributed by atoms with E-state index in [0.29, 0.717) is 10.8 Å². The molecule has 0 spiro atoms. The van der Waals surface area contributed by atoms with Crippen LogP contribution >= 0.6 is 11.3 Å². The number of piperidine rings is 1. The molecule has 1 aliphatic rings. The van der Waals surface area contributed by atoms with E-state index in [-0.39, 0.29) is 5.91 Å². The quantitative estimate of drug-likeness (QED) is 0.942. The maximum Gasteiger partial charge on any atom is 0.276 e. The van der Waals surface area contributed by atoms with Gasteiger partial charge < -0.3 is 0 Å². The molecular formula is C16H20N4OS. The molecule has 3 heterocycles. The molecule has 1 aliphatic heterocycles. The van der Waals surface area contributed by atoms with Gasteiger partial charge in [-0.05, 0) is 44.0 Å². The Bertz CT molecular complexity index is 620. The summed E-state index contributed by atoms with van der Waals surface area (Å²) >= 11 is 1.46. The average Bonchev–Trinajstić information content (AvgIpc) is 2.97. The topological polar surface area (TPSA) is 58.1 Å². The maximum absolute atomic E-state index is 12.0. The highest BCUT2D eigenvalue weighted by atomic mass is 32.1. The first kappa shape index (κ1) is 15.1. The van der Waals surface area contributed by atoms with E-state index < -0.39 is 0 Å². The van der Waals surface area contributed by atoms with E-state index in [2.05, 4.69) is 27.1 Å². The number of carbonyl (C=O) groups excluding carboxylic acids is 1. The lowest BCUT2D eigenvalue weighted by Crippen LogP contribution is -2.32. The van der Waals surface area contributed by atoms with Gasteiger partial charge in [0.15, 0.2) is 5.13 Å². The van der Waals surface area contributed by atoms with Crippen LogP contribution in [0.4, 0.5) is 5.13 Å². The number of nitrogens with zero attached hydrogens (tertiary/aromatic N) is 3. The second-order valence-electron chi connectivity index (χ2n) is 5.77. The normalized spacial score (nSPS) is 16.6. The lowest BCUT2D eigenvalue weighted by molar-refractivity contribution is 0.102. The van der Waals surface area contributed by atoms with Crippen molar-refractivity contribution in [2.24, 2.45) is 5.92 Å². The molecule has 3 rings (SSSR count). The fraction of sp³-hybridized carbons (Fsp3) is 0.438. The number of hydrogen-bond acceptors (Lipinski definition) is 5. The van der Waals surface area contributed by atoms with Gasteiger partial charge in [0.2, 0.25) is 0 Å². The van der Waals surface area contributed by atoms with Crippen LogP contribution in [0.5, 0.6) is 0 Å². The Kier molecular flexibility index (Phi) is 4.80. The van der Waals surface area contributed by atoms with Crippen LogP contribution in [0.1, 0.15) is 35.9 Å². The van der Waals surface area contributed by atoms with Crippen LogP contribution in [0.3, 0.4) is 0 Å². The van der Waals surface area contributed by atoms with Crippen molar-refractivity contribution in [1.82, 2.24) is 14.9 Å². The fourth-order valence-electron chi connectivity index (χ4n) is 2.54. The first-order chi connectivity index (χ1) is 10.7. The molecule has 2 aromatic heterocycles. The molecule has 1 fully saturated rings. The van der Waals surface area contributed by atoms with Gasteiger partial charge in [0.1, 0.15) is 5.69 Å². The van der Waals surface area contributed by atoms with Gasteiger partial charge in [-0.2, -0.15) is 0 Å². The Hall–Kier alpha value is -1.79. The number of anilines is 1. The molecule has 5 nitrogen and oxygen atoms in total. The molecule has 0 atom stereocenters. The lowest BCUT2D eigenvalue weighted by atomic mass is 9.99. The molecule has 1 N–H and O–H groups in total. The van der Waals surface area contributed by atoms with E-state index in [4.69, 9.17) is 0 Å². The molecular weight excluding hydrogens is 296 g/mol. The summed E-state index contributed by atoms with van der Waals surface area (Å²) in [5, 5.41) is 5.47. The lowest BCUT2D eigenvalue weighted by Gasteiger charge is -2.29. The van der Waals surface area contributed by atoms with E-state index in [1.54, 1.807) is 24.4 Å². The summed E-state index contributed by atoms with van der Waals surface area (Å²) in [5.41, 5.74) is 1.43. The van der Waals surface area contributed by atoms with Crippen LogP contribution < -0.4 is 5.32 Å². The number of nitrogens with one attached hydrogen (secondary N) is 1. The highest BCUT2D eigenvalue weighted by Crippen LogP contribution is 2.21. The van der Waals surface area contributed by atoms with Crippen LogP contribution in [0, 0.1) is 5.92 Å². The van der Waals surface area contributed by atoms with Crippen molar-refractivity contribution in [2.45, 2.75) is 26.3 Å². The smallest absolute Gasteiger partial charge is 0.276 e. The molecule has 0 radical (unpaired) electrons. The van der Waals surface area contributed by atoms with E-state index in [1.807, 2.05) is 5.38 Å². The number of carbonyl (C=O) groups is 1. The van der Waals surface area contributed by atoms with E-state index in [9.17, 15) is 4.79 Å². The van der Waals surface area contributed by atoms with Crippen LogP contribution in [0.25, 0.3) is 0 Å². The summed E-state index contributed by atoms with van der Waals surface area (Å²) in [4.78, 5) is 23.0. The largest absolute Gasteiger partial charge is 0.297 e. The van der Waals surface area contributed by atoms with Gasteiger partial charge in [-0.25, -0.2) is 4.98 Å². The molecule has 0 aliphatic carbocycles. The van der Waals surface area contributed by atoms with Crippen molar-refractivity contribution in [2.75, 3.05) is 18.4 Å². The van der Waals surface area contributed by atoms with Crippen molar-refractivity contribution in [3.05, 3.63) is 41.2 Å². The minimum absolute atomic E-state index is 0.215. The Morgan fingerprint density at radius 1 is 1.41 bits per heavy atom. The van der Waals surface area contributed by atoms with Crippen LogP contribution in [0.2, 0.25) is 0 Å². The zero-order valence-electron chi connectivity index (χ0n) is 12.7. The van der Waals surface area contributed by atoms with Crippen molar-refractivity contribution in [1.29, 1.82) is 0 Å². The number of pyridine rings is 1. The fourth-order valence-corrected chi connectivity index (χ4v) is 3.24. The Balaban J connectivity index is 1.56. The van der Waals surface area contributed by atoms with Gasteiger partial charge in [0.05, 0.1) is 5.69 Å². The summed E-state index contributed by atoms with van der Waals surface area (Å²) in [6.07, 6.45) is 4.13. The third kappa shape index (κ3) is 3.90. The van der Waals surface area contributed by atoms with Gasteiger partial charge in [-0.3, -0.25) is 20.0 Å². The third-order valence-corrected chi connectivity index (χ3v) is 4.74. The van der Waals surface area contributed by atoms with E-state index in [1.165, 1.54) is 24.2 Å². The van der Waals surface area contributed by atoms with Crippen LogP contribution in [-0.2, 0) is 6.54 Å². The van der Waals surface area contributed by atoms with Crippen molar-refractivity contribution in [3.63, 3.8) is 0 Å². The second kappa shape index (κ2) is 6.98. The van der Waals surface area contributed by atoms with Gasteiger partial charge >= 0.3 is 0 Å².